The zero-order valence-electron chi connectivity index (χ0n) is 9.89. The second kappa shape index (κ2) is 7.13. The molecule has 0 aromatic heterocycles. The van der Waals surface area contributed by atoms with E-state index in [4.69, 9.17) is 0 Å². The van der Waals surface area contributed by atoms with Gasteiger partial charge in [0.2, 0.25) is 0 Å². The Labute approximate surface area is 103 Å². The lowest BCUT2D eigenvalue weighted by molar-refractivity contribution is 1.26. The molecule has 1 aromatic carbocycles. The molecular formula is C15H18S. The van der Waals surface area contributed by atoms with Gasteiger partial charge in [0.05, 0.1) is 0 Å². The van der Waals surface area contributed by atoms with Crippen LogP contribution in [0.25, 0.3) is 6.08 Å². The van der Waals surface area contributed by atoms with Crippen LogP contribution in [0, 0.1) is 0 Å². The number of benzene rings is 1. The predicted octanol–water partition coefficient (Wildman–Crippen LogP) is 4.91. The number of hydrogen-bond donors (Lipinski definition) is 0. The molecule has 0 amide bonds. The first kappa shape index (κ1) is 12.9. The van der Waals surface area contributed by atoms with E-state index < -0.39 is 0 Å². The molecule has 0 nitrogen and oxygen atoms in total. The number of thioether (sulfide) groups is 1. The molecule has 84 valence electrons. The van der Waals surface area contributed by atoms with E-state index in [2.05, 4.69) is 49.9 Å². The minimum absolute atomic E-state index is 0.448. The Kier molecular flexibility index (Phi) is 5.73. The SMILES string of the molecule is C=C(C=CC)SC(C)C=Cc1ccccc1. The van der Waals surface area contributed by atoms with Crippen molar-refractivity contribution in [3.63, 3.8) is 0 Å². The molecule has 0 heterocycles. The van der Waals surface area contributed by atoms with Gasteiger partial charge in [-0.15, -0.1) is 11.8 Å². The van der Waals surface area contributed by atoms with E-state index in [-0.39, 0.29) is 0 Å². The molecule has 0 fully saturated rings. The quantitative estimate of drug-likeness (QED) is 0.647. The maximum atomic E-state index is 3.98. The van der Waals surface area contributed by atoms with Crippen molar-refractivity contribution in [1.29, 1.82) is 0 Å². The Bertz CT molecular complexity index is 374. The van der Waals surface area contributed by atoms with Crippen LogP contribution in [0.3, 0.4) is 0 Å². The smallest absolute Gasteiger partial charge is 0.0249 e. The van der Waals surface area contributed by atoms with Gasteiger partial charge in [0.1, 0.15) is 0 Å². The highest BCUT2D eigenvalue weighted by molar-refractivity contribution is 8.03. The maximum absolute atomic E-state index is 3.98. The predicted molar refractivity (Wildman–Crippen MR) is 76.5 cm³/mol. The van der Waals surface area contributed by atoms with Gasteiger partial charge in [-0.1, -0.05) is 61.2 Å². The summed E-state index contributed by atoms with van der Waals surface area (Å²) in [6.07, 6.45) is 8.41. The van der Waals surface area contributed by atoms with Crippen molar-refractivity contribution in [1.82, 2.24) is 0 Å². The van der Waals surface area contributed by atoms with Crippen molar-refractivity contribution in [3.05, 3.63) is 65.6 Å². The Morgan fingerprint density at radius 2 is 2.00 bits per heavy atom. The minimum Gasteiger partial charge on any atom is -0.119 e. The van der Waals surface area contributed by atoms with Crippen LogP contribution in [0.1, 0.15) is 19.4 Å². The third-order valence-electron chi connectivity index (χ3n) is 2.05. The highest BCUT2D eigenvalue weighted by Crippen LogP contribution is 2.22. The molecule has 0 spiro atoms. The van der Waals surface area contributed by atoms with Gasteiger partial charge in [0, 0.05) is 10.2 Å². The molecule has 1 aromatic rings. The Morgan fingerprint density at radius 3 is 2.62 bits per heavy atom. The van der Waals surface area contributed by atoms with Crippen molar-refractivity contribution >= 4 is 17.8 Å². The first-order valence-corrected chi connectivity index (χ1v) is 6.32. The first-order valence-electron chi connectivity index (χ1n) is 5.44. The molecule has 16 heavy (non-hydrogen) atoms. The highest BCUT2D eigenvalue weighted by Gasteiger charge is 1.98. The topological polar surface area (TPSA) is 0 Å². The van der Waals surface area contributed by atoms with Gasteiger partial charge in [-0.2, -0.15) is 0 Å². The van der Waals surface area contributed by atoms with Crippen LogP contribution in [-0.4, -0.2) is 5.25 Å². The lowest BCUT2D eigenvalue weighted by Gasteiger charge is -2.05. The van der Waals surface area contributed by atoms with Gasteiger partial charge in [-0.25, -0.2) is 0 Å². The second-order valence-electron chi connectivity index (χ2n) is 3.56. The third-order valence-corrected chi connectivity index (χ3v) is 3.02. The molecule has 0 aliphatic heterocycles. The van der Waals surface area contributed by atoms with Crippen LogP contribution in [0.2, 0.25) is 0 Å². The third kappa shape index (κ3) is 5.04. The maximum Gasteiger partial charge on any atom is 0.0249 e. The molecule has 0 saturated heterocycles. The largest absolute Gasteiger partial charge is 0.119 e. The van der Waals surface area contributed by atoms with Crippen molar-refractivity contribution in [3.8, 4) is 0 Å². The molecule has 1 rings (SSSR count). The van der Waals surface area contributed by atoms with E-state index in [9.17, 15) is 0 Å². The van der Waals surface area contributed by atoms with Crippen molar-refractivity contribution in [2.75, 3.05) is 0 Å². The van der Waals surface area contributed by atoms with E-state index in [1.165, 1.54) is 5.56 Å². The first-order chi connectivity index (χ1) is 7.72. The molecule has 1 unspecified atom stereocenters. The van der Waals surface area contributed by atoms with E-state index in [1.807, 2.05) is 25.1 Å². The van der Waals surface area contributed by atoms with E-state index in [0.717, 1.165) is 4.91 Å². The highest BCUT2D eigenvalue weighted by atomic mass is 32.2. The summed E-state index contributed by atoms with van der Waals surface area (Å²) in [5.74, 6) is 0. The fourth-order valence-corrected chi connectivity index (χ4v) is 2.16. The molecule has 0 bridgehead atoms. The van der Waals surface area contributed by atoms with Crippen LogP contribution in [0.15, 0.2) is 60.0 Å². The van der Waals surface area contributed by atoms with Crippen LogP contribution in [0.4, 0.5) is 0 Å². The van der Waals surface area contributed by atoms with Crippen LogP contribution >= 0.6 is 11.8 Å². The summed E-state index contributed by atoms with van der Waals surface area (Å²) in [5.41, 5.74) is 1.24. The molecule has 1 heteroatoms. The molecule has 0 N–H and O–H groups in total. The number of hydrogen-bond acceptors (Lipinski definition) is 1. The van der Waals surface area contributed by atoms with Gasteiger partial charge in [0.15, 0.2) is 0 Å². The summed E-state index contributed by atoms with van der Waals surface area (Å²) >= 11 is 1.78. The molecule has 0 aliphatic rings. The Morgan fingerprint density at radius 1 is 1.31 bits per heavy atom. The summed E-state index contributed by atoms with van der Waals surface area (Å²) in [4.78, 5) is 1.10. The lowest BCUT2D eigenvalue weighted by Crippen LogP contribution is -1.89. The fourth-order valence-electron chi connectivity index (χ4n) is 1.31. The van der Waals surface area contributed by atoms with Gasteiger partial charge in [0.25, 0.3) is 0 Å². The molecule has 0 aliphatic carbocycles. The van der Waals surface area contributed by atoms with E-state index >= 15 is 0 Å². The lowest BCUT2D eigenvalue weighted by atomic mass is 10.2. The Balaban J connectivity index is 2.48. The van der Waals surface area contributed by atoms with Crippen LogP contribution < -0.4 is 0 Å². The summed E-state index contributed by atoms with van der Waals surface area (Å²) < 4.78 is 0. The summed E-state index contributed by atoms with van der Waals surface area (Å²) in [7, 11) is 0. The van der Waals surface area contributed by atoms with E-state index in [1.54, 1.807) is 11.8 Å². The Hall–Kier alpha value is -1.21. The van der Waals surface area contributed by atoms with Crippen LogP contribution in [-0.2, 0) is 0 Å². The van der Waals surface area contributed by atoms with Crippen LogP contribution in [0.5, 0.6) is 0 Å². The number of allylic oxidation sites excluding steroid dienone is 2. The van der Waals surface area contributed by atoms with Gasteiger partial charge < -0.3 is 0 Å². The average molecular weight is 230 g/mol. The summed E-state index contributed by atoms with van der Waals surface area (Å²) in [6.45, 7) is 8.17. The molecular weight excluding hydrogens is 212 g/mol. The molecule has 1 atom stereocenters. The molecule has 0 saturated carbocycles. The fraction of sp³-hybridized carbons (Fsp3) is 0.200. The zero-order valence-corrected chi connectivity index (χ0v) is 10.7. The van der Waals surface area contributed by atoms with Crippen molar-refractivity contribution < 1.29 is 0 Å². The van der Waals surface area contributed by atoms with E-state index in [0.29, 0.717) is 5.25 Å². The van der Waals surface area contributed by atoms with Gasteiger partial charge in [-0.3, -0.25) is 0 Å². The van der Waals surface area contributed by atoms with Gasteiger partial charge in [-0.05, 0) is 19.4 Å². The second-order valence-corrected chi connectivity index (χ2v) is 5.06. The summed E-state index contributed by atoms with van der Waals surface area (Å²) in [5, 5.41) is 0.448. The number of rotatable bonds is 5. The minimum atomic E-state index is 0.448. The van der Waals surface area contributed by atoms with Crippen molar-refractivity contribution in [2.45, 2.75) is 19.1 Å². The normalized spacial score (nSPS) is 13.4. The average Bonchev–Trinajstić information content (AvgIpc) is 2.28. The monoisotopic (exact) mass is 230 g/mol. The molecule has 0 radical (unpaired) electrons. The van der Waals surface area contributed by atoms with Gasteiger partial charge >= 0.3 is 0 Å². The summed E-state index contributed by atoms with van der Waals surface area (Å²) in [6, 6.07) is 10.3. The standard InChI is InChI=1S/C15H18S/c1-4-8-13(2)16-14(3)11-12-15-9-6-5-7-10-15/h4-12,14H,2H2,1,3H3. The van der Waals surface area contributed by atoms with Crippen molar-refractivity contribution in [2.24, 2.45) is 0 Å². The zero-order chi connectivity index (χ0) is 11.8.